The van der Waals surface area contributed by atoms with Gasteiger partial charge in [-0.25, -0.2) is 4.39 Å². The third-order valence-corrected chi connectivity index (χ3v) is 3.14. The molecule has 0 radical (unpaired) electrons. The molecule has 22 heavy (non-hydrogen) atoms. The summed E-state index contributed by atoms with van der Waals surface area (Å²) >= 11 is 2.96. The number of benzene rings is 2. The van der Waals surface area contributed by atoms with Crippen molar-refractivity contribution < 1.29 is 27.1 Å². The number of halogens is 5. The monoisotopic (exact) mass is 377 g/mol. The van der Waals surface area contributed by atoms with Crippen LogP contribution in [0.15, 0.2) is 46.9 Å². The number of nitrogens with one attached hydrogen (secondary N) is 1. The van der Waals surface area contributed by atoms with Crippen molar-refractivity contribution in [1.82, 2.24) is 0 Å². The van der Waals surface area contributed by atoms with Crippen LogP contribution in [-0.4, -0.2) is 12.3 Å². The maximum absolute atomic E-state index is 13.1. The summed E-state index contributed by atoms with van der Waals surface area (Å²) in [7, 11) is 0. The van der Waals surface area contributed by atoms with Gasteiger partial charge in [0.2, 0.25) is 0 Å². The topological polar surface area (TPSA) is 38.3 Å². The van der Waals surface area contributed by atoms with E-state index >= 15 is 0 Å². The van der Waals surface area contributed by atoms with Gasteiger partial charge in [0.15, 0.2) is 0 Å². The number of alkyl halides is 3. The standard InChI is InChI=1S/C14H8BrF4NO2/c15-11-7-8(1-6-12(11)16)13(21)20-9-2-4-10(5-3-9)22-14(17,18)19/h1-7H,(H,20,21). The van der Waals surface area contributed by atoms with Crippen LogP contribution in [0.4, 0.5) is 23.2 Å². The molecule has 0 aliphatic carbocycles. The van der Waals surface area contributed by atoms with Crippen molar-refractivity contribution >= 4 is 27.5 Å². The second-order valence-corrected chi connectivity index (χ2v) is 5.01. The molecule has 0 fully saturated rings. The molecule has 3 nitrogen and oxygen atoms in total. The molecule has 0 heterocycles. The maximum atomic E-state index is 13.1. The van der Waals surface area contributed by atoms with E-state index in [-0.39, 0.29) is 15.7 Å². The smallest absolute Gasteiger partial charge is 0.406 e. The van der Waals surface area contributed by atoms with Crippen LogP contribution in [0, 0.1) is 5.82 Å². The normalized spacial score (nSPS) is 11.1. The first kappa shape index (κ1) is 16.3. The van der Waals surface area contributed by atoms with E-state index in [4.69, 9.17) is 0 Å². The molecular formula is C14H8BrF4NO2. The van der Waals surface area contributed by atoms with Gasteiger partial charge in [-0.2, -0.15) is 0 Å². The fourth-order valence-corrected chi connectivity index (χ4v) is 1.96. The van der Waals surface area contributed by atoms with E-state index in [0.717, 1.165) is 18.2 Å². The number of amides is 1. The number of carbonyl (C=O) groups is 1. The van der Waals surface area contributed by atoms with Gasteiger partial charge in [0.1, 0.15) is 11.6 Å². The lowest BCUT2D eigenvalue weighted by atomic mass is 10.2. The third kappa shape index (κ3) is 4.45. The number of anilines is 1. The van der Waals surface area contributed by atoms with E-state index in [0.29, 0.717) is 0 Å². The molecule has 0 saturated heterocycles. The zero-order valence-corrected chi connectivity index (χ0v) is 12.3. The first-order chi connectivity index (χ1) is 10.2. The second-order valence-electron chi connectivity index (χ2n) is 4.16. The van der Waals surface area contributed by atoms with Gasteiger partial charge in [0, 0.05) is 11.3 Å². The van der Waals surface area contributed by atoms with Gasteiger partial charge in [-0.3, -0.25) is 4.79 Å². The average Bonchev–Trinajstić information content (AvgIpc) is 2.42. The Bertz CT molecular complexity index is 686. The summed E-state index contributed by atoms with van der Waals surface area (Å²) in [6.45, 7) is 0. The molecule has 2 aromatic rings. The van der Waals surface area contributed by atoms with Crippen LogP contribution in [-0.2, 0) is 0 Å². The van der Waals surface area contributed by atoms with Gasteiger partial charge in [-0.05, 0) is 58.4 Å². The molecule has 1 N–H and O–H groups in total. The van der Waals surface area contributed by atoms with Crippen LogP contribution in [0.3, 0.4) is 0 Å². The van der Waals surface area contributed by atoms with E-state index in [9.17, 15) is 22.4 Å². The number of carbonyl (C=O) groups excluding carboxylic acids is 1. The minimum Gasteiger partial charge on any atom is -0.406 e. The molecule has 0 aliphatic heterocycles. The molecule has 0 atom stereocenters. The first-order valence-electron chi connectivity index (χ1n) is 5.87. The Morgan fingerprint density at radius 3 is 2.27 bits per heavy atom. The van der Waals surface area contributed by atoms with Crippen molar-refractivity contribution in [3.63, 3.8) is 0 Å². The van der Waals surface area contributed by atoms with Crippen LogP contribution in [0.5, 0.6) is 5.75 Å². The Balaban J connectivity index is 2.07. The van der Waals surface area contributed by atoms with E-state index in [2.05, 4.69) is 26.0 Å². The highest BCUT2D eigenvalue weighted by Gasteiger charge is 2.30. The summed E-state index contributed by atoms with van der Waals surface area (Å²) in [4.78, 5) is 11.9. The molecule has 0 unspecified atom stereocenters. The van der Waals surface area contributed by atoms with Crippen LogP contribution in [0.2, 0.25) is 0 Å². The average molecular weight is 378 g/mol. The summed E-state index contributed by atoms with van der Waals surface area (Å²) in [5.74, 6) is -1.43. The summed E-state index contributed by atoms with van der Waals surface area (Å²) in [5.41, 5.74) is 0.476. The molecule has 8 heteroatoms. The van der Waals surface area contributed by atoms with Crippen LogP contribution in [0.1, 0.15) is 10.4 Å². The molecule has 2 aromatic carbocycles. The highest BCUT2D eigenvalue weighted by atomic mass is 79.9. The molecular weight excluding hydrogens is 370 g/mol. The zero-order valence-electron chi connectivity index (χ0n) is 10.7. The predicted octanol–water partition coefficient (Wildman–Crippen LogP) is 4.74. The largest absolute Gasteiger partial charge is 0.573 e. The molecule has 2 rings (SSSR count). The SMILES string of the molecule is O=C(Nc1ccc(OC(F)(F)F)cc1)c1ccc(F)c(Br)c1. The molecule has 1 amide bonds. The van der Waals surface area contributed by atoms with Gasteiger partial charge in [-0.1, -0.05) is 0 Å². The van der Waals surface area contributed by atoms with Gasteiger partial charge in [-0.15, -0.1) is 13.2 Å². The van der Waals surface area contributed by atoms with E-state index < -0.39 is 23.8 Å². The number of hydrogen-bond donors (Lipinski definition) is 1. The molecule has 0 bridgehead atoms. The third-order valence-electron chi connectivity index (χ3n) is 2.53. The van der Waals surface area contributed by atoms with Crippen molar-refractivity contribution in [2.75, 3.05) is 5.32 Å². The Morgan fingerprint density at radius 1 is 1.09 bits per heavy atom. The fourth-order valence-electron chi connectivity index (χ4n) is 1.58. The number of hydrogen-bond acceptors (Lipinski definition) is 2. The summed E-state index contributed by atoms with van der Waals surface area (Å²) < 4.78 is 53.0. The Kier molecular flexibility index (Phi) is 4.70. The Morgan fingerprint density at radius 2 is 1.73 bits per heavy atom. The molecule has 0 spiro atoms. The zero-order chi connectivity index (χ0) is 16.3. The second kappa shape index (κ2) is 6.35. The van der Waals surface area contributed by atoms with Crippen molar-refractivity contribution in [3.8, 4) is 5.75 Å². The van der Waals surface area contributed by atoms with Crippen molar-refractivity contribution in [2.45, 2.75) is 6.36 Å². The summed E-state index contributed by atoms with van der Waals surface area (Å²) in [5, 5.41) is 2.48. The van der Waals surface area contributed by atoms with E-state index in [1.807, 2.05) is 0 Å². The lowest BCUT2D eigenvalue weighted by molar-refractivity contribution is -0.274. The van der Waals surface area contributed by atoms with E-state index in [1.54, 1.807) is 0 Å². The van der Waals surface area contributed by atoms with Gasteiger partial charge >= 0.3 is 6.36 Å². The van der Waals surface area contributed by atoms with Crippen LogP contribution < -0.4 is 10.1 Å². The van der Waals surface area contributed by atoms with Crippen molar-refractivity contribution in [2.24, 2.45) is 0 Å². The van der Waals surface area contributed by atoms with Crippen LogP contribution >= 0.6 is 15.9 Å². The van der Waals surface area contributed by atoms with Crippen molar-refractivity contribution in [1.29, 1.82) is 0 Å². The first-order valence-corrected chi connectivity index (χ1v) is 6.66. The van der Waals surface area contributed by atoms with Crippen LogP contribution in [0.25, 0.3) is 0 Å². The maximum Gasteiger partial charge on any atom is 0.573 e. The molecule has 116 valence electrons. The molecule has 0 aliphatic rings. The molecule has 0 aromatic heterocycles. The number of rotatable bonds is 3. The summed E-state index contributed by atoms with van der Waals surface area (Å²) in [6, 6.07) is 8.38. The quantitative estimate of drug-likeness (QED) is 0.784. The van der Waals surface area contributed by atoms with Gasteiger partial charge in [0.25, 0.3) is 5.91 Å². The van der Waals surface area contributed by atoms with Crippen molar-refractivity contribution in [3.05, 3.63) is 58.3 Å². The number of ether oxygens (including phenoxy) is 1. The fraction of sp³-hybridized carbons (Fsp3) is 0.0714. The Hall–Kier alpha value is -2.09. The predicted molar refractivity (Wildman–Crippen MR) is 75.2 cm³/mol. The summed E-state index contributed by atoms with van der Waals surface area (Å²) in [6.07, 6.45) is -4.77. The minimum absolute atomic E-state index is 0.133. The minimum atomic E-state index is -4.77. The lowest BCUT2D eigenvalue weighted by Crippen LogP contribution is -2.17. The highest BCUT2D eigenvalue weighted by molar-refractivity contribution is 9.10. The highest BCUT2D eigenvalue weighted by Crippen LogP contribution is 2.24. The van der Waals surface area contributed by atoms with Gasteiger partial charge in [0.05, 0.1) is 4.47 Å². The van der Waals surface area contributed by atoms with E-state index in [1.165, 1.54) is 24.3 Å². The Labute approximate surface area is 131 Å². The van der Waals surface area contributed by atoms with Gasteiger partial charge < -0.3 is 10.1 Å². The lowest BCUT2D eigenvalue weighted by Gasteiger charge is -2.10. The molecule has 0 saturated carbocycles.